The lowest BCUT2D eigenvalue weighted by atomic mass is 10.2. The summed E-state index contributed by atoms with van der Waals surface area (Å²) >= 11 is 0. The summed E-state index contributed by atoms with van der Waals surface area (Å²) in [7, 11) is 3.27. The molecule has 0 aliphatic carbocycles. The molecule has 1 rings (SSSR count). The summed E-state index contributed by atoms with van der Waals surface area (Å²) in [6.07, 6.45) is 1.44. The van der Waals surface area contributed by atoms with Gasteiger partial charge in [0.1, 0.15) is 5.76 Å². The number of carbonyl (C=O) groups excluding carboxylic acids is 2. The largest absolute Gasteiger partial charge is 0.469 e. The van der Waals surface area contributed by atoms with Gasteiger partial charge in [-0.25, -0.2) is 0 Å². The zero-order valence-corrected chi connectivity index (χ0v) is 9.03. The Morgan fingerprint density at radius 3 is 2.60 bits per heavy atom. The molecular weight excluding hydrogens is 196 g/mol. The number of amides is 2. The molecule has 0 saturated heterocycles. The zero-order chi connectivity index (χ0) is 11.4. The molecule has 0 unspecified atom stereocenters. The van der Waals surface area contributed by atoms with Crippen LogP contribution in [0.5, 0.6) is 0 Å². The van der Waals surface area contributed by atoms with Gasteiger partial charge >= 0.3 is 0 Å². The highest BCUT2D eigenvalue weighted by Gasteiger charge is 2.12. The molecule has 5 heteroatoms. The van der Waals surface area contributed by atoms with Crippen LogP contribution in [0.3, 0.4) is 0 Å². The van der Waals surface area contributed by atoms with Gasteiger partial charge in [0.2, 0.25) is 5.91 Å². The summed E-state index contributed by atoms with van der Waals surface area (Å²) in [6, 6.07) is 1.57. The third kappa shape index (κ3) is 2.83. The van der Waals surface area contributed by atoms with Crippen LogP contribution in [0, 0.1) is 6.92 Å². The van der Waals surface area contributed by atoms with E-state index in [2.05, 4.69) is 5.32 Å². The maximum absolute atomic E-state index is 11.5. The Labute approximate surface area is 88.0 Å². The molecule has 0 atom stereocenters. The van der Waals surface area contributed by atoms with Crippen LogP contribution in [0.4, 0.5) is 0 Å². The summed E-state index contributed by atoms with van der Waals surface area (Å²) < 4.78 is 4.98. The fraction of sp³-hybridized carbons (Fsp3) is 0.400. The van der Waals surface area contributed by atoms with Gasteiger partial charge in [-0.15, -0.1) is 0 Å². The number of furan rings is 1. The Kier molecular flexibility index (Phi) is 3.49. The Hall–Kier alpha value is -1.78. The minimum absolute atomic E-state index is 0.00352. The van der Waals surface area contributed by atoms with E-state index in [1.165, 1.54) is 11.2 Å². The highest BCUT2D eigenvalue weighted by atomic mass is 16.3. The summed E-state index contributed by atoms with van der Waals surface area (Å²) in [6.45, 7) is 1.69. The van der Waals surface area contributed by atoms with Gasteiger partial charge < -0.3 is 14.6 Å². The average molecular weight is 210 g/mol. The first-order chi connectivity index (χ1) is 7.02. The van der Waals surface area contributed by atoms with Crippen LogP contribution in [0.25, 0.3) is 0 Å². The van der Waals surface area contributed by atoms with E-state index in [4.69, 9.17) is 4.42 Å². The first kappa shape index (κ1) is 11.3. The number of aryl methyl sites for hydroxylation is 1. The first-order valence-electron chi connectivity index (χ1n) is 4.55. The predicted molar refractivity (Wildman–Crippen MR) is 54.5 cm³/mol. The van der Waals surface area contributed by atoms with Gasteiger partial charge in [-0.1, -0.05) is 0 Å². The van der Waals surface area contributed by atoms with E-state index in [-0.39, 0.29) is 18.4 Å². The minimum atomic E-state index is -0.295. The summed E-state index contributed by atoms with van der Waals surface area (Å²) in [5.74, 6) is 0.103. The monoisotopic (exact) mass is 210 g/mol. The summed E-state index contributed by atoms with van der Waals surface area (Å²) in [4.78, 5) is 24.1. The number of hydrogen-bond acceptors (Lipinski definition) is 3. The van der Waals surface area contributed by atoms with E-state index < -0.39 is 0 Å². The molecule has 1 N–H and O–H groups in total. The molecular formula is C10H14N2O3. The average Bonchev–Trinajstić information content (AvgIpc) is 2.60. The third-order valence-corrected chi connectivity index (χ3v) is 2.00. The van der Waals surface area contributed by atoms with Crippen molar-refractivity contribution in [2.75, 3.05) is 20.6 Å². The van der Waals surface area contributed by atoms with E-state index in [1.807, 2.05) is 0 Å². The van der Waals surface area contributed by atoms with Crippen LogP contribution < -0.4 is 5.32 Å². The van der Waals surface area contributed by atoms with Gasteiger partial charge in [-0.05, 0) is 13.0 Å². The molecule has 0 spiro atoms. The van der Waals surface area contributed by atoms with Crippen molar-refractivity contribution in [2.45, 2.75) is 6.92 Å². The maximum atomic E-state index is 11.5. The number of rotatable bonds is 3. The number of nitrogens with one attached hydrogen (secondary N) is 1. The van der Waals surface area contributed by atoms with E-state index in [9.17, 15) is 9.59 Å². The topological polar surface area (TPSA) is 62.6 Å². The lowest BCUT2D eigenvalue weighted by molar-refractivity contribution is -0.127. The molecule has 2 amide bonds. The molecule has 5 nitrogen and oxygen atoms in total. The zero-order valence-electron chi connectivity index (χ0n) is 9.03. The molecule has 82 valence electrons. The summed E-state index contributed by atoms with van der Waals surface area (Å²) in [5.41, 5.74) is 0.460. The number of carbonyl (C=O) groups is 2. The van der Waals surface area contributed by atoms with Crippen LogP contribution in [0.15, 0.2) is 16.7 Å². The van der Waals surface area contributed by atoms with E-state index in [0.29, 0.717) is 11.3 Å². The van der Waals surface area contributed by atoms with Crippen molar-refractivity contribution in [3.8, 4) is 0 Å². The van der Waals surface area contributed by atoms with E-state index in [1.54, 1.807) is 27.1 Å². The van der Waals surface area contributed by atoms with Gasteiger partial charge in [0.05, 0.1) is 18.4 Å². The van der Waals surface area contributed by atoms with E-state index in [0.717, 1.165) is 0 Å². The quantitative estimate of drug-likeness (QED) is 0.785. The molecule has 0 radical (unpaired) electrons. The predicted octanol–water partition coefficient (Wildman–Crippen LogP) is 0.406. The molecule has 1 heterocycles. The smallest absolute Gasteiger partial charge is 0.255 e. The highest BCUT2D eigenvalue weighted by Crippen LogP contribution is 2.07. The van der Waals surface area contributed by atoms with Crippen molar-refractivity contribution < 1.29 is 14.0 Å². The number of hydrogen-bond donors (Lipinski definition) is 1. The Bertz CT molecular complexity index is 368. The van der Waals surface area contributed by atoms with Crippen LogP contribution in [-0.2, 0) is 4.79 Å². The fourth-order valence-electron chi connectivity index (χ4n) is 1.03. The molecule has 0 saturated carbocycles. The second-order valence-electron chi connectivity index (χ2n) is 3.36. The second-order valence-corrected chi connectivity index (χ2v) is 3.36. The van der Waals surface area contributed by atoms with Gasteiger partial charge in [0.15, 0.2) is 0 Å². The van der Waals surface area contributed by atoms with Crippen LogP contribution in [0.2, 0.25) is 0 Å². The van der Waals surface area contributed by atoms with Crippen LogP contribution >= 0.6 is 0 Å². The molecule has 0 aromatic carbocycles. The minimum Gasteiger partial charge on any atom is -0.469 e. The van der Waals surface area contributed by atoms with Crippen molar-refractivity contribution in [1.82, 2.24) is 10.2 Å². The molecule has 0 aliphatic rings. The van der Waals surface area contributed by atoms with Crippen molar-refractivity contribution in [3.05, 3.63) is 23.7 Å². The molecule has 0 bridgehead atoms. The Morgan fingerprint density at radius 2 is 2.13 bits per heavy atom. The fourth-order valence-corrected chi connectivity index (χ4v) is 1.03. The van der Waals surface area contributed by atoms with Crippen molar-refractivity contribution >= 4 is 11.8 Å². The maximum Gasteiger partial charge on any atom is 0.255 e. The van der Waals surface area contributed by atoms with Crippen molar-refractivity contribution in [1.29, 1.82) is 0 Å². The van der Waals surface area contributed by atoms with Gasteiger partial charge in [0, 0.05) is 14.1 Å². The molecule has 1 aromatic heterocycles. The van der Waals surface area contributed by atoms with Gasteiger partial charge in [-0.2, -0.15) is 0 Å². The van der Waals surface area contributed by atoms with Crippen LogP contribution in [0.1, 0.15) is 16.1 Å². The summed E-state index contributed by atoms with van der Waals surface area (Å²) in [5, 5.41) is 2.52. The van der Waals surface area contributed by atoms with Gasteiger partial charge in [-0.3, -0.25) is 9.59 Å². The lowest BCUT2D eigenvalue weighted by Gasteiger charge is -2.10. The van der Waals surface area contributed by atoms with Gasteiger partial charge in [0.25, 0.3) is 5.91 Å². The van der Waals surface area contributed by atoms with Crippen LogP contribution in [-0.4, -0.2) is 37.4 Å². The van der Waals surface area contributed by atoms with Crippen molar-refractivity contribution in [3.63, 3.8) is 0 Å². The number of likely N-dealkylation sites (N-methyl/N-ethyl adjacent to an activating group) is 1. The highest BCUT2D eigenvalue weighted by molar-refractivity contribution is 5.97. The standard InChI is InChI=1S/C10H14N2O3/c1-7-8(4-5-15-7)10(14)11-6-9(13)12(2)3/h4-5H,6H2,1-3H3,(H,11,14). The first-order valence-corrected chi connectivity index (χ1v) is 4.55. The molecule has 1 aromatic rings. The molecule has 15 heavy (non-hydrogen) atoms. The third-order valence-electron chi connectivity index (χ3n) is 2.00. The lowest BCUT2D eigenvalue weighted by Crippen LogP contribution is -2.36. The molecule has 0 fully saturated rings. The molecule has 0 aliphatic heterocycles. The normalized spacial score (nSPS) is 9.80. The number of nitrogens with zero attached hydrogens (tertiary/aromatic N) is 1. The van der Waals surface area contributed by atoms with E-state index >= 15 is 0 Å². The Balaban J connectivity index is 2.51. The second kappa shape index (κ2) is 4.63. The van der Waals surface area contributed by atoms with Crippen molar-refractivity contribution in [2.24, 2.45) is 0 Å². The Morgan fingerprint density at radius 1 is 1.47 bits per heavy atom. The SMILES string of the molecule is Cc1occc1C(=O)NCC(=O)N(C)C.